The van der Waals surface area contributed by atoms with E-state index in [9.17, 15) is 9.90 Å². The molecule has 1 aliphatic rings. The van der Waals surface area contributed by atoms with Gasteiger partial charge in [-0.25, -0.2) is 29.6 Å². The van der Waals surface area contributed by atoms with Gasteiger partial charge in [-0.3, -0.25) is 4.79 Å². The van der Waals surface area contributed by atoms with Crippen LogP contribution in [0.2, 0.25) is 0 Å². The van der Waals surface area contributed by atoms with Gasteiger partial charge in [0, 0.05) is 38.6 Å². The highest BCUT2D eigenvalue weighted by atomic mass is 16.3. The van der Waals surface area contributed by atoms with Crippen LogP contribution in [0.15, 0.2) is 55.1 Å². The molecule has 4 aromatic rings. The Morgan fingerprint density at radius 2 is 1.85 bits per heavy atom. The summed E-state index contributed by atoms with van der Waals surface area (Å²) in [6, 6.07) is 8.72. The third kappa shape index (κ3) is 3.94. The Bertz CT molecular complexity index is 1330. The molecule has 12 nitrogen and oxygen atoms in total. The molecule has 0 aliphatic carbocycles. The first-order valence-electron chi connectivity index (χ1n) is 10.7. The van der Waals surface area contributed by atoms with Crippen LogP contribution >= 0.6 is 0 Å². The van der Waals surface area contributed by atoms with E-state index >= 15 is 0 Å². The van der Waals surface area contributed by atoms with Gasteiger partial charge in [-0.1, -0.05) is 11.3 Å². The Kier molecular flexibility index (Phi) is 5.42. The van der Waals surface area contributed by atoms with Gasteiger partial charge in [-0.05, 0) is 31.2 Å². The van der Waals surface area contributed by atoms with Crippen LogP contribution in [-0.4, -0.2) is 69.4 Å². The molecule has 12 heteroatoms. The van der Waals surface area contributed by atoms with Crippen molar-refractivity contribution in [3.8, 4) is 17.2 Å². The fourth-order valence-corrected chi connectivity index (χ4v) is 3.71. The molecule has 34 heavy (non-hydrogen) atoms. The number of likely N-dealkylation sites (N-methyl/N-ethyl adjacent to an activating group) is 1. The van der Waals surface area contributed by atoms with Crippen molar-refractivity contribution in [2.24, 2.45) is 0 Å². The molecule has 5 heterocycles. The molecular weight excluding hydrogens is 436 g/mol. The molecule has 5 rings (SSSR count). The number of anilines is 1. The van der Waals surface area contributed by atoms with Crippen molar-refractivity contribution in [2.45, 2.75) is 25.0 Å². The van der Waals surface area contributed by atoms with E-state index in [2.05, 4.69) is 40.5 Å². The molecule has 2 N–H and O–H groups in total. The Morgan fingerprint density at radius 1 is 1.06 bits per heavy atom. The van der Waals surface area contributed by atoms with E-state index in [-0.39, 0.29) is 18.2 Å². The van der Waals surface area contributed by atoms with E-state index in [1.165, 1.54) is 15.8 Å². The quantitative estimate of drug-likeness (QED) is 0.431. The first kappa shape index (κ1) is 21.5. The van der Waals surface area contributed by atoms with Crippen LogP contribution in [0.5, 0.6) is 0 Å². The minimum absolute atomic E-state index is 0.188. The standard InChI is InChI=1S/C22H22N10O2/c1-14(19-23-9-4-10-24-19)26-21-25-11-7-16(28-21)15-5-3-6-18(27-15)32-13-17(29-30-32)22(34)8-12-31(2)20(22)33/h3-7,9-11,13-14,34H,8,12H2,1-2H3,(H,25,26,28)/t14-,22?/m1/s1. The van der Waals surface area contributed by atoms with Gasteiger partial charge in [0.25, 0.3) is 5.91 Å². The molecule has 0 radical (unpaired) electrons. The molecule has 172 valence electrons. The van der Waals surface area contributed by atoms with Crippen molar-refractivity contribution >= 4 is 11.9 Å². The van der Waals surface area contributed by atoms with Crippen molar-refractivity contribution < 1.29 is 9.90 Å². The van der Waals surface area contributed by atoms with Gasteiger partial charge in [0.15, 0.2) is 11.4 Å². The van der Waals surface area contributed by atoms with E-state index in [0.29, 0.717) is 35.5 Å². The highest BCUT2D eigenvalue weighted by Crippen LogP contribution is 2.31. The Morgan fingerprint density at radius 3 is 2.62 bits per heavy atom. The number of aliphatic hydroxyl groups is 1. The molecule has 0 spiro atoms. The number of rotatable bonds is 6. The minimum Gasteiger partial charge on any atom is -0.374 e. The second kappa shape index (κ2) is 8.56. The number of nitrogens with one attached hydrogen (secondary N) is 1. The summed E-state index contributed by atoms with van der Waals surface area (Å²) in [7, 11) is 1.65. The molecule has 1 unspecified atom stereocenters. The summed E-state index contributed by atoms with van der Waals surface area (Å²) in [4.78, 5) is 35.8. The van der Waals surface area contributed by atoms with Gasteiger partial charge in [0.2, 0.25) is 5.95 Å². The number of aromatic nitrogens is 8. The number of pyridine rings is 1. The number of hydrogen-bond acceptors (Lipinski definition) is 10. The van der Waals surface area contributed by atoms with Crippen LogP contribution in [0, 0.1) is 0 Å². The summed E-state index contributed by atoms with van der Waals surface area (Å²) >= 11 is 0. The SMILES string of the molecule is C[C@@H](Nc1nccc(-c2cccc(-n3cc(C4(O)CCN(C)C4=O)nn3)n2)n1)c1ncccn1. The third-order valence-corrected chi connectivity index (χ3v) is 5.63. The number of carbonyl (C=O) groups excluding carboxylic acids is 1. The van der Waals surface area contributed by atoms with Crippen LogP contribution < -0.4 is 5.32 Å². The van der Waals surface area contributed by atoms with Crippen molar-refractivity contribution in [1.82, 2.24) is 44.8 Å². The highest BCUT2D eigenvalue weighted by molar-refractivity contribution is 5.87. The van der Waals surface area contributed by atoms with E-state index in [1.807, 2.05) is 19.1 Å². The maximum Gasteiger partial charge on any atom is 0.260 e. The Balaban J connectivity index is 1.39. The van der Waals surface area contributed by atoms with Crippen LogP contribution in [0.25, 0.3) is 17.2 Å². The van der Waals surface area contributed by atoms with Gasteiger partial charge in [-0.15, -0.1) is 5.10 Å². The lowest BCUT2D eigenvalue weighted by Gasteiger charge is -2.17. The molecule has 0 bridgehead atoms. The molecular formula is C22H22N10O2. The zero-order chi connectivity index (χ0) is 23.7. The van der Waals surface area contributed by atoms with Crippen molar-refractivity contribution in [3.63, 3.8) is 0 Å². The van der Waals surface area contributed by atoms with Crippen LogP contribution in [-0.2, 0) is 10.4 Å². The lowest BCUT2D eigenvalue weighted by molar-refractivity contribution is -0.143. The molecule has 0 saturated carbocycles. The second-order valence-corrected chi connectivity index (χ2v) is 8.00. The molecule has 1 amide bonds. The van der Waals surface area contributed by atoms with Gasteiger partial charge >= 0.3 is 0 Å². The average Bonchev–Trinajstić information content (AvgIpc) is 3.47. The fourth-order valence-electron chi connectivity index (χ4n) is 3.71. The largest absolute Gasteiger partial charge is 0.374 e. The van der Waals surface area contributed by atoms with E-state index in [1.54, 1.807) is 43.8 Å². The number of nitrogens with zero attached hydrogens (tertiary/aromatic N) is 9. The lowest BCUT2D eigenvalue weighted by atomic mass is 9.99. The highest BCUT2D eigenvalue weighted by Gasteiger charge is 2.47. The lowest BCUT2D eigenvalue weighted by Crippen LogP contribution is -2.36. The Hall–Kier alpha value is -4.32. The zero-order valence-corrected chi connectivity index (χ0v) is 18.6. The smallest absolute Gasteiger partial charge is 0.260 e. The Labute approximate surface area is 194 Å². The second-order valence-electron chi connectivity index (χ2n) is 8.00. The van der Waals surface area contributed by atoms with Crippen LogP contribution in [0.1, 0.15) is 30.9 Å². The monoisotopic (exact) mass is 458 g/mol. The van der Waals surface area contributed by atoms with Crippen molar-refractivity contribution in [2.75, 3.05) is 18.9 Å². The predicted molar refractivity (Wildman–Crippen MR) is 120 cm³/mol. The summed E-state index contributed by atoms with van der Waals surface area (Å²) in [5.41, 5.74) is -0.275. The molecule has 1 saturated heterocycles. The van der Waals surface area contributed by atoms with Crippen molar-refractivity contribution in [3.05, 3.63) is 66.6 Å². The van der Waals surface area contributed by atoms with E-state index in [4.69, 9.17) is 0 Å². The minimum atomic E-state index is -1.67. The van der Waals surface area contributed by atoms with E-state index < -0.39 is 11.5 Å². The third-order valence-electron chi connectivity index (χ3n) is 5.63. The molecule has 2 atom stereocenters. The molecule has 1 fully saturated rings. The first-order chi connectivity index (χ1) is 16.4. The number of carbonyl (C=O) groups is 1. The van der Waals surface area contributed by atoms with Gasteiger partial charge in [0.1, 0.15) is 11.5 Å². The summed E-state index contributed by atoms with van der Waals surface area (Å²) in [6.45, 7) is 2.38. The van der Waals surface area contributed by atoms with Crippen LogP contribution in [0.4, 0.5) is 5.95 Å². The zero-order valence-electron chi connectivity index (χ0n) is 18.6. The summed E-state index contributed by atoms with van der Waals surface area (Å²) < 4.78 is 1.43. The summed E-state index contributed by atoms with van der Waals surface area (Å²) in [5.74, 6) is 1.13. The van der Waals surface area contributed by atoms with Gasteiger partial charge in [0.05, 0.1) is 23.6 Å². The average molecular weight is 458 g/mol. The maximum atomic E-state index is 12.4. The number of likely N-dealkylation sites (tertiary alicyclic amines) is 1. The normalized spacial score (nSPS) is 18.8. The molecule has 4 aromatic heterocycles. The topological polar surface area (TPSA) is 148 Å². The van der Waals surface area contributed by atoms with Gasteiger partial charge < -0.3 is 15.3 Å². The van der Waals surface area contributed by atoms with E-state index in [0.717, 1.165) is 0 Å². The fraction of sp³-hybridized carbons (Fsp3) is 0.273. The summed E-state index contributed by atoms with van der Waals surface area (Å²) in [5, 5.41) is 22.1. The number of amides is 1. The molecule has 0 aromatic carbocycles. The van der Waals surface area contributed by atoms with Gasteiger partial charge in [-0.2, -0.15) is 0 Å². The summed E-state index contributed by atoms with van der Waals surface area (Å²) in [6.07, 6.45) is 6.79. The maximum absolute atomic E-state index is 12.4. The van der Waals surface area contributed by atoms with Crippen molar-refractivity contribution in [1.29, 1.82) is 0 Å². The predicted octanol–water partition coefficient (Wildman–Crippen LogP) is 1.13. The number of hydrogen-bond donors (Lipinski definition) is 2. The molecule has 1 aliphatic heterocycles. The first-order valence-corrected chi connectivity index (χ1v) is 10.7. The van der Waals surface area contributed by atoms with Crippen LogP contribution in [0.3, 0.4) is 0 Å².